The van der Waals surface area contributed by atoms with Crippen molar-refractivity contribution in [1.82, 2.24) is 4.98 Å². The highest BCUT2D eigenvalue weighted by atomic mass is 35.5. The Morgan fingerprint density at radius 1 is 1.12 bits per heavy atom. The first kappa shape index (κ1) is 17.5. The van der Waals surface area contributed by atoms with Crippen LogP contribution in [0.4, 0.5) is 5.13 Å². The molecule has 0 aliphatic heterocycles. The first-order valence-electron chi connectivity index (χ1n) is 7.74. The van der Waals surface area contributed by atoms with Crippen molar-refractivity contribution in [2.75, 3.05) is 11.9 Å². The molecule has 4 nitrogen and oxygen atoms in total. The second kappa shape index (κ2) is 7.68. The number of rotatable bonds is 5. The molecule has 0 spiro atoms. The maximum Gasteiger partial charge on any atom is 0.264 e. The third-order valence-corrected chi connectivity index (χ3v) is 4.69. The molecule has 128 valence electrons. The highest BCUT2D eigenvalue weighted by molar-refractivity contribution is 7.16. The van der Waals surface area contributed by atoms with Crippen LogP contribution in [0.3, 0.4) is 0 Å². The van der Waals surface area contributed by atoms with Gasteiger partial charge in [0.15, 0.2) is 11.7 Å². The number of nitrogens with one attached hydrogen (secondary N) is 1. The molecule has 0 unspecified atom stereocenters. The molecule has 0 saturated carbocycles. The highest BCUT2D eigenvalue weighted by Crippen LogP contribution is 2.31. The van der Waals surface area contributed by atoms with Crippen molar-refractivity contribution in [3.63, 3.8) is 0 Å². The molecule has 1 heterocycles. The van der Waals surface area contributed by atoms with E-state index in [0.29, 0.717) is 15.9 Å². The van der Waals surface area contributed by atoms with Gasteiger partial charge in [0, 0.05) is 15.5 Å². The minimum absolute atomic E-state index is 0.0576. The maximum atomic E-state index is 12.1. The van der Waals surface area contributed by atoms with E-state index in [1.807, 2.05) is 62.4 Å². The number of hydrogen-bond donors (Lipinski definition) is 1. The minimum atomic E-state index is -0.239. The van der Waals surface area contributed by atoms with Crippen molar-refractivity contribution in [3.05, 3.63) is 64.0 Å². The number of anilines is 1. The Hall–Kier alpha value is -2.37. The Morgan fingerprint density at radius 3 is 2.48 bits per heavy atom. The van der Waals surface area contributed by atoms with Crippen LogP contribution in [0.25, 0.3) is 11.3 Å². The lowest BCUT2D eigenvalue weighted by molar-refractivity contribution is -0.118. The molecule has 0 fully saturated rings. The fourth-order valence-electron chi connectivity index (χ4n) is 2.26. The van der Waals surface area contributed by atoms with Crippen LogP contribution in [0.1, 0.15) is 10.4 Å². The van der Waals surface area contributed by atoms with Gasteiger partial charge in [-0.1, -0.05) is 41.4 Å². The number of hydrogen-bond acceptors (Lipinski definition) is 4. The van der Waals surface area contributed by atoms with Gasteiger partial charge in [-0.05, 0) is 38.1 Å². The van der Waals surface area contributed by atoms with Crippen molar-refractivity contribution < 1.29 is 9.53 Å². The lowest BCUT2D eigenvalue weighted by Crippen LogP contribution is -2.20. The molecule has 3 aromatic rings. The highest BCUT2D eigenvalue weighted by Gasteiger charge is 2.12. The first-order valence-corrected chi connectivity index (χ1v) is 8.93. The van der Waals surface area contributed by atoms with Gasteiger partial charge in [0.1, 0.15) is 5.75 Å². The van der Waals surface area contributed by atoms with Crippen LogP contribution in [0, 0.1) is 13.8 Å². The molecular weight excluding hydrogens is 356 g/mol. The number of carbonyl (C=O) groups is 1. The summed E-state index contributed by atoms with van der Waals surface area (Å²) in [6.45, 7) is 3.91. The number of benzene rings is 2. The van der Waals surface area contributed by atoms with Crippen LogP contribution in [0.15, 0.2) is 48.5 Å². The lowest BCUT2D eigenvalue weighted by atomic mass is 10.1. The standard InChI is InChI=1S/C19H17ClN2O2S/c1-12-3-9-16(10-4-12)24-11-17(23)21-19-22-18(13(2)25-19)14-5-7-15(20)8-6-14/h3-10H,11H2,1-2H3,(H,21,22,23). The Kier molecular flexibility index (Phi) is 5.36. The zero-order valence-corrected chi connectivity index (χ0v) is 15.4. The van der Waals surface area contributed by atoms with E-state index in [2.05, 4.69) is 10.3 Å². The topological polar surface area (TPSA) is 51.2 Å². The smallest absolute Gasteiger partial charge is 0.264 e. The Morgan fingerprint density at radius 2 is 1.80 bits per heavy atom. The molecule has 0 aliphatic carbocycles. The van der Waals surface area contributed by atoms with E-state index in [0.717, 1.165) is 21.7 Å². The van der Waals surface area contributed by atoms with Crippen LogP contribution in [0.2, 0.25) is 5.02 Å². The summed E-state index contributed by atoms with van der Waals surface area (Å²) in [7, 11) is 0. The van der Waals surface area contributed by atoms with E-state index in [1.165, 1.54) is 11.3 Å². The molecule has 0 saturated heterocycles. The van der Waals surface area contributed by atoms with Crippen LogP contribution in [-0.2, 0) is 4.79 Å². The van der Waals surface area contributed by atoms with Gasteiger partial charge in [-0.25, -0.2) is 4.98 Å². The van der Waals surface area contributed by atoms with Crippen LogP contribution in [-0.4, -0.2) is 17.5 Å². The van der Waals surface area contributed by atoms with Crippen LogP contribution >= 0.6 is 22.9 Å². The summed E-state index contributed by atoms with van der Waals surface area (Å²) < 4.78 is 5.48. The summed E-state index contributed by atoms with van der Waals surface area (Å²) in [5, 5.41) is 4.02. The summed E-state index contributed by atoms with van der Waals surface area (Å²) in [5.74, 6) is 0.426. The lowest BCUT2D eigenvalue weighted by Gasteiger charge is -2.05. The molecule has 0 aliphatic rings. The SMILES string of the molecule is Cc1ccc(OCC(=O)Nc2nc(-c3ccc(Cl)cc3)c(C)s2)cc1. The molecule has 0 atom stereocenters. The predicted octanol–water partition coefficient (Wildman–Crippen LogP) is 5.10. The Balaban J connectivity index is 1.62. The van der Waals surface area contributed by atoms with E-state index in [4.69, 9.17) is 16.3 Å². The molecular formula is C19H17ClN2O2S. The summed E-state index contributed by atoms with van der Waals surface area (Å²) >= 11 is 7.35. The van der Waals surface area contributed by atoms with Gasteiger partial charge in [0.2, 0.25) is 0 Å². The van der Waals surface area contributed by atoms with Crippen molar-refractivity contribution in [2.24, 2.45) is 0 Å². The number of thiazole rings is 1. The summed E-state index contributed by atoms with van der Waals surface area (Å²) in [6.07, 6.45) is 0. The molecule has 1 amide bonds. The summed E-state index contributed by atoms with van der Waals surface area (Å²) in [5.41, 5.74) is 2.95. The van der Waals surface area contributed by atoms with E-state index < -0.39 is 0 Å². The zero-order valence-electron chi connectivity index (χ0n) is 13.9. The van der Waals surface area contributed by atoms with Crippen molar-refractivity contribution in [3.8, 4) is 17.0 Å². The van der Waals surface area contributed by atoms with E-state index in [-0.39, 0.29) is 12.5 Å². The van der Waals surface area contributed by atoms with Gasteiger partial charge >= 0.3 is 0 Å². The Bertz CT molecular complexity index is 873. The fraction of sp³-hybridized carbons (Fsp3) is 0.158. The number of halogens is 1. The van der Waals surface area contributed by atoms with Gasteiger partial charge in [-0.15, -0.1) is 11.3 Å². The molecule has 1 N–H and O–H groups in total. The third-order valence-electron chi connectivity index (χ3n) is 3.55. The van der Waals surface area contributed by atoms with Crippen molar-refractivity contribution in [1.29, 1.82) is 0 Å². The van der Waals surface area contributed by atoms with E-state index in [9.17, 15) is 4.79 Å². The maximum absolute atomic E-state index is 12.1. The van der Waals surface area contributed by atoms with Crippen LogP contribution in [0.5, 0.6) is 5.75 Å². The van der Waals surface area contributed by atoms with E-state index in [1.54, 1.807) is 0 Å². The van der Waals surface area contributed by atoms with Crippen molar-refractivity contribution >= 4 is 34.0 Å². The second-order valence-electron chi connectivity index (χ2n) is 5.58. The predicted molar refractivity (Wildman–Crippen MR) is 103 cm³/mol. The number of aryl methyl sites for hydroxylation is 2. The van der Waals surface area contributed by atoms with E-state index >= 15 is 0 Å². The zero-order chi connectivity index (χ0) is 17.8. The number of amides is 1. The van der Waals surface area contributed by atoms with Crippen molar-refractivity contribution in [2.45, 2.75) is 13.8 Å². The normalized spacial score (nSPS) is 10.5. The first-order chi connectivity index (χ1) is 12.0. The number of aromatic nitrogens is 1. The average Bonchev–Trinajstić information content (AvgIpc) is 2.95. The molecule has 6 heteroatoms. The number of ether oxygens (including phenoxy) is 1. The monoisotopic (exact) mass is 372 g/mol. The molecule has 0 bridgehead atoms. The molecule has 3 rings (SSSR count). The molecule has 2 aromatic carbocycles. The summed E-state index contributed by atoms with van der Waals surface area (Å²) in [6, 6.07) is 15.0. The van der Waals surface area contributed by atoms with Gasteiger partial charge in [0.25, 0.3) is 5.91 Å². The summed E-state index contributed by atoms with van der Waals surface area (Å²) in [4.78, 5) is 17.6. The Labute approximate surface area is 155 Å². The van der Waals surface area contributed by atoms with Gasteiger partial charge < -0.3 is 4.74 Å². The molecule has 1 aromatic heterocycles. The van der Waals surface area contributed by atoms with Gasteiger partial charge in [-0.3, -0.25) is 10.1 Å². The third kappa shape index (κ3) is 4.59. The number of nitrogens with zero attached hydrogens (tertiary/aromatic N) is 1. The molecule has 0 radical (unpaired) electrons. The average molecular weight is 373 g/mol. The second-order valence-corrected chi connectivity index (χ2v) is 7.22. The minimum Gasteiger partial charge on any atom is -0.484 e. The largest absolute Gasteiger partial charge is 0.484 e. The quantitative estimate of drug-likeness (QED) is 0.678. The number of carbonyl (C=O) groups excluding carboxylic acids is 1. The molecule has 25 heavy (non-hydrogen) atoms. The van der Waals surface area contributed by atoms with Crippen LogP contribution < -0.4 is 10.1 Å². The fourth-order valence-corrected chi connectivity index (χ4v) is 3.24. The van der Waals surface area contributed by atoms with Gasteiger partial charge in [0.05, 0.1) is 5.69 Å². The van der Waals surface area contributed by atoms with Gasteiger partial charge in [-0.2, -0.15) is 0 Å².